The van der Waals surface area contributed by atoms with Crippen LogP contribution in [-0.4, -0.2) is 33.8 Å². The van der Waals surface area contributed by atoms with Gasteiger partial charge < -0.3 is 24.8 Å². The Morgan fingerprint density at radius 3 is 2.16 bits per heavy atom. The highest BCUT2D eigenvalue weighted by atomic mass is 19.1. The first kappa shape index (κ1) is 18.4. The lowest BCUT2D eigenvalue weighted by molar-refractivity contribution is -0.114. The molecule has 134 valence electrons. The topological polar surface area (TPSA) is 68.8 Å². The number of amides is 1. The maximum absolute atomic E-state index is 13.5. The summed E-state index contributed by atoms with van der Waals surface area (Å²) >= 11 is 0. The van der Waals surface area contributed by atoms with Crippen LogP contribution in [0.4, 0.5) is 15.8 Å². The molecule has 6 nitrogen and oxygen atoms in total. The summed E-state index contributed by atoms with van der Waals surface area (Å²) in [5.41, 5.74) is 1.55. The molecule has 25 heavy (non-hydrogen) atoms. The maximum atomic E-state index is 13.5. The van der Waals surface area contributed by atoms with Gasteiger partial charge in [-0.2, -0.15) is 0 Å². The molecule has 0 saturated carbocycles. The number of aryl methyl sites for hydroxylation is 1. The lowest BCUT2D eigenvalue weighted by Gasteiger charge is -2.15. The van der Waals surface area contributed by atoms with Crippen LogP contribution in [0.5, 0.6) is 17.2 Å². The molecule has 0 unspecified atom stereocenters. The molecule has 7 heteroatoms. The van der Waals surface area contributed by atoms with Gasteiger partial charge in [0.2, 0.25) is 11.7 Å². The second-order valence-electron chi connectivity index (χ2n) is 5.28. The monoisotopic (exact) mass is 348 g/mol. The van der Waals surface area contributed by atoms with Crippen molar-refractivity contribution in [1.82, 2.24) is 0 Å². The molecule has 2 N–H and O–H groups in total. The van der Waals surface area contributed by atoms with E-state index < -0.39 is 0 Å². The quantitative estimate of drug-likeness (QED) is 0.804. The molecule has 0 fully saturated rings. The van der Waals surface area contributed by atoms with Crippen LogP contribution in [-0.2, 0) is 4.79 Å². The number of rotatable bonds is 7. The second-order valence-corrected chi connectivity index (χ2v) is 5.28. The number of ether oxygens (including phenoxy) is 3. The number of carbonyl (C=O) groups is 1. The Bertz CT molecular complexity index is 740. The van der Waals surface area contributed by atoms with Crippen LogP contribution < -0.4 is 24.8 Å². The molecule has 0 spiro atoms. The Morgan fingerprint density at radius 1 is 1.00 bits per heavy atom. The van der Waals surface area contributed by atoms with E-state index >= 15 is 0 Å². The van der Waals surface area contributed by atoms with E-state index in [0.717, 1.165) is 0 Å². The molecule has 0 radical (unpaired) electrons. The fraction of sp³-hybridized carbons (Fsp3) is 0.278. The van der Waals surface area contributed by atoms with Gasteiger partial charge in [-0.1, -0.05) is 6.07 Å². The third-order valence-corrected chi connectivity index (χ3v) is 3.57. The highest BCUT2D eigenvalue weighted by molar-refractivity contribution is 5.93. The number of carbonyl (C=O) groups excluding carboxylic acids is 1. The molecule has 0 aromatic heterocycles. The Balaban J connectivity index is 2.04. The summed E-state index contributed by atoms with van der Waals surface area (Å²) in [6.45, 7) is 1.65. The highest BCUT2D eigenvalue weighted by Gasteiger charge is 2.13. The summed E-state index contributed by atoms with van der Waals surface area (Å²) < 4.78 is 29.3. The molecular weight excluding hydrogens is 327 g/mol. The zero-order valence-electron chi connectivity index (χ0n) is 14.6. The summed E-state index contributed by atoms with van der Waals surface area (Å²) in [5.74, 6) is 0.748. The van der Waals surface area contributed by atoms with E-state index in [9.17, 15) is 9.18 Å². The molecule has 2 rings (SSSR count). The molecule has 0 aliphatic carbocycles. The summed E-state index contributed by atoms with van der Waals surface area (Å²) in [4.78, 5) is 12.0. The molecule has 0 bridgehead atoms. The Hall–Kier alpha value is -2.96. The molecule has 1 amide bonds. The zero-order chi connectivity index (χ0) is 18.4. The Labute approximate surface area is 145 Å². The number of hydrogen-bond donors (Lipinski definition) is 2. The average molecular weight is 348 g/mol. The van der Waals surface area contributed by atoms with Crippen molar-refractivity contribution in [2.75, 3.05) is 38.5 Å². The number of methoxy groups -OCH3 is 3. The molecule has 0 aliphatic heterocycles. The van der Waals surface area contributed by atoms with Crippen LogP contribution in [0.15, 0.2) is 30.3 Å². The first-order valence-electron chi connectivity index (χ1n) is 7.58. The van der Waals surface area contributed by atoms with Gasteiger partial charge in [-0.25, -0.2) is 4.39 Å². The summed E-state index contributed by atoms with van der Waals surface area (Å²) in [6.07, 6.45) is 0. The van der Waals surface area contributed by atoms with E-state index in [1.807, 2.05) is 0 Å². The van der Waals surface area contributed by atoms with Gasteiger partial charge in [0.1, 0.15) is 5.82 Å². The van der Waals surface area contributed by atoms with Crippen LogP contribution in [0.25, 0.3) is 0 Å². The minimum Gasteiger partial charge on any atom is -0.493 e. The first-order chi connectivity index (χ1) is 12.0. The first-order valence-corrected chi connectivity index (χ1v) is 7.58. The molecule has 2 aromatic carbocycles. The minimum atomic E-state index is -0.365. The van der Waals surface area contributed by atoms with Crippen molar-refractivity contribution in [3.05, 3.63) is 41.7 Å². The van der Waals surface area contributed by atoms with Gasteiger partial charge in [-0.15, -0.1) is 0 Å². The lowest BCUT2D eigenvalue weighted by atomic mass is 10.2. The van der Waals surface area contributed by atoms with Crippen molar-refractivity contribution in [2.45, 2.75) is 6.92 Å². The molecule has 0 atom stereocenters. The van der Waals surface area contributed by atoms with Gasteiger partial charge in [0.05, 0.1) is 27.9 Å². The van der Waals surface area contributed by atoms with Crippen molar-refractivity contribution in [1.29, 1.82) is 0 Å². The van der Waals surface area contributed by atoms with E-state index in [1.54, 1.807) is 31.2 Å². The van der Waals surface area contributed by atoms with E-state index in [2.05, 4.69) is 10.6 Å². The fourth-order valence-corrected chi connectivity index (χ4v) is 2.24. The third kappa shape index (κ3) is 4.53. The van der Waals surface area contributed by atoms with E-state index in [1.165, 1.54) is 27.4 Å². The molecule has 0 saturated heterocycles. The Morgan fingerprint density at radius 2 is 1.64 bits per heavy atom. The number of anilines is 2. The lowest BCUT2D eigenvalue weighted by Crippen LogP contribution is -2.21. The highest BCUT2D eigenvalue weighted by Crippen LogP contribution is 2.39. The van der Waals surface area contributed by atoms with Crippen LogP contribution in [0.2, 0.25) is 0 Å². The van der Waals surface area contributed by atoms with Crippen LogP contribution in [0.1, 0.15) is 5.56 Å². The van der Waals surface area contributed by atoms with Crippen molar-refractivity contribution in [3.63, 3.8) is 0 Å². The number of benzene rings is 2. The number of nitrogens with one attached hydrogen (secondary N) is 2. The van der Waals surface area contributed by atoms with E-state index in [-0.39, 0.29) is 18.3 Å². The third-order valence-electron chi connectivity index (χ3n) is 3.57. The predicted molar refractivity (Wildman–Crippen MR) is 94.4 cm³/mol. The molecule has 0 aliphatic rings. The van der Waals surface area contributed by atoms with Gasteiger partial charge in [0.15, 0.2) is 11.5 Å². The van der Waals surface area contributed by atoms with Crippen LogP contribution in [0, 0.1) is 12.7 Å². The van der Waals surface area contributed by atoms with Gasteiger partial charge in [-0.05, 0) is 24.6 Å². The number of hydrogen-bond acceptors (Lipinski definition) is 5. The molecule has 2 aromatic rings. The molecule has 0 heterocycles. The Kier molecular flexibility index (Phi) is 6.05. The van der Waals surface area contributed by atoms with E-state index in [0.29, 0.717) is 34.2 Å². The fourth-order valence-electron chi connectivity index (χ4n) is 2.24. The summed E-state index contributed by atoms with van der Waals surface area (Å²) in [7, 11) is 4.54. The van der Waals surface area contributed by atoms with Crippen molar-refractivity contribution < 1.29 is 23.4 Å². The minimum absolute atomic E-state index is 0.00582. The zero-order valence-corrected chi connectivity index (χ0v) is 14.6. The van der Waals surface area contributed by atoms with Gasteiger partial charge in [0, 0.05) is 23.5 Å². The molecular formula is C18H21FN2O4. The smallest absolute Gasteiger partial charge is 0.243 e. The van der Waals surface area contributed by atoms with Crippen molar-refractivity contribution in [2.24, 2.45) is 0 Å². The van der Waals surface area contributed by atoms with Crippen molar-refractivity contribution in [3.8, 4) is 17.2 Å². The normalized spacial score (nSPS) is 10.1. The average Bonchev–Trinajstić information content (AvgIpc) is 2.62. The van der Waals surface area contributed by atoms with Crippen LogP contribution >= 0.6 is 0 Å². The van der Waals surface area contributed by atoms with Gasteiger partial charge in [-0.3, -0.25) is 4.79 Å². The van der Waals surface area contributed by atoms with Crippen molar-refractivity contribution >= 4 is 17.3 Å². The van der Waals surface area contributed by atoms with E-state index in [4.69, 9.17) is 14.2 Å². The van der Waals surface area contributed by atoms with Gasteiger partial charge in [0.25, 0.3) is 0 Å². The maximum Gasteiger partial charge on any atom is 0.243 e. The van der Waals surface area contributed by atoms with Gasteiger partial charge >= 0.3 is 0 Å². The summed E-state index contributed by atoms with van der Waals surface area (Å²) in [6, 6.07) is 7.93. The predicted octanol–water partition coefficient (Wildman–Crippen LogP) is 3.21. The second kappa shape index (κ2) is 8.23. The van der Waals surface area contributed by atoms with Crippen LogP contribution in [0.3, 0.4) is 0 Å². The number of halogens is 1. The summed E-state index contributed by atoms with van der Waals surface area (Å²) in [5, 5.41) is 5.60. The SMILES string of the molecule is COc1cc(NCC(=O)Nc2ccc(C)c(F)c2)cc(OC)c1OC. The largest absolute Gasteiger partial charge is 0.493 e. The standard InChI is InChI=1S/C18H21FN2O4/c1-11-5-6-12(7-14(11)19)21-17(22)10-20-13-8-15(23-2)18(25-4)16(9-13)24-3/h5-9,20H,10H2,1-4H3,(H,21,22).